The SMILES string of the molecule is CCc1ccccc1C=C(C)C=O. The molecule has 0 aliphatic carbocycles. The largest absolute Gasteiger partial charge is 0.298 e. The first-order valence-electron chi connectivity index (χ1n) is 4.49. The molecule has 0 saturated carbocycles. The third-order valence-electron chi connectivity index (χ3n) is 2.01. The fourth-order valence-electron chi connectivity index (χ4n) is 1.28. The van der Waals surface area contributed by atoms with Crippen LogP contribution in [0.15, 0.2) is 29.8 Å². The second-order valence-corrected chi connectivity index (χ2v) is 3.06. The summed E-state index contributed by atoms with van der Waals surface area (Å²) in [4.78, 5) is 10.4. The quantitative estimate of drug-likeness (QED) is 0.508. The number of aryl methyl sites for hydroxylation is 1. The lowest BCUT2D eigenvalue weighted by Gasteiger charge is -2.02. The molecular weight excluding hydrogens is 160 g/mol. The fourth-order valence-corrected chi connectivity index (χ4v) is 1.28. The molecule has 68 valence electrons. The Morgan fingerprint density at radius 2 is 2.08 bits per heavy atom. The fraction of sp³-hybridized carbons (Fsp3) is 0.250. The van der Waals surface area contributed by atoms with Gasteiger partial charge in [0.1, 0.15) is 6.29 Å². The van der Waals surface area contributed by atoms with Crippen molar-refractivity contribution in [1.29, 1.82) is 0 Å². The van der Waals surface area contributed by atoms with Crippen molar-refractivity contribution >= 4 is 12.4 Å². The zero-order valence-electron chi connectivity index (χ0n) is 8.08. The van der Waals surface area contributed by atoms with Crippen LogP contribution < -0.4 is 0 Å². The summed E-state index contributed by atoms with van der Waals surface area (Å²) < 4.78 is 0. The zero-order chi connectivity index (χ0) is 9.68. The van der Waals surface area contributed by atoms with Gasteiger partial charge in [0.25, 0.3) is 0 Å². The third kappa shape index (κ3) is 2.55. The lowest BCUT2D eigenvalue weighted by atomic mass is 10.0. The van der Waals surface area contributed by atoms with Gasteiger partial charge in [0.2, 0.25) is 0 Å². The van der Waals surface area contributed by atoms with Gasteiger partial charge < -0.3 is 0 Å². The molecule has 0 saturated heterocycles. The Kier molecular flexibility index (Phi) is 3.44. The minimum absolute atomic E-state index is 0.765. The van der Waals surface area contributed by atoms with E-state index in [-0.39, 0.29) is 0 Å². The number of benzene rings is 1. The molecule has 1 rings (SSSR count). The summed E-state index contributed by atoms with van der Waals surface area (Å²) in [5, 5.41) is 0. The number of hydrogen-bond donors (Lipinski definition) is 0. The molecule has 0 aliphatic rings. The molecule has 0 N–H and O–H groups in total. The number of carbonyl (C=O) groups is 1. The van der Waals surface area contributed by atoms with Crippen molar-refractivity contribution < 1.29 is 4.79 Å². The maximum absolute atomic E-state index is 10.4. The summed E-state index contributed by atoms with van der Waals surface area (Å²) in [6.07, 6.45) is 3.80. The third-order valence-corrected chi connectivity index (χ3v) is 2.01. The standard InChI is InChI=1S/C12H14O/c1-3-11-6-4-5-7-12(11)8-10(2)9-13/h4-9H,3H2,1-2H3. The second-order valence-electron chi connectivity index (χ2n) is 3.06. The van der Waals surface area contributed by atoms with E-state index in [9.17, 15) is 4.79 Å². The molecule has 0 amide bonds. The van der Waals surface area contributed by atoms with E-state index in [1.807, 2.05) is 31.2 Å². The zero-order valence-corrected chi connectivity index (χ0v) is 8.08. The Bertz CT molecular complexity index is 324. The summed E-state index contributed by atoms with van der Waals surface area (Å²) in [7, 11) is 0. The van der Waals surface area contributed by atoms with Crippen LogP contribution in [-0.4, -0.2) is 6.29 Å². The first-order chi connectivity index (χ1) is 6.27. The van der Waals surface area contributed by atoms with Crippen LogP contribution in [0.2, 0.25) is 0 Å². The van der Waals surface area contributed by atoms with E-state index < -0.39 is 0 Å². The number of carbonyl (C=O) groups excluding carboxylic acids is 1. The van der Waals surface area contributed by atoms with Gasteiger partial charge in [-0.3, -0.25) is 4.79 Å². The van der Waals surface area contributed by atoms with Gasteiger partial charge in [0.05, 0.1) is 0 Å². The summed E-state index contributed by atoms with van der Waals surface area (Å²) >= 11 is 0. The van der Waals surface area contributed by atoms with Gasteiger partial charge in [-0.15, -0.1) is 0 Å². The van der Waals surface area contributed by atoms with Gasteiger partial charge in [-0.1, -0.05) is 31.2 Å². The van der Waals surface area contributed by atoms with Crippen LogP contribution >= 0.6 is 0 Å². The predicted molar refractivity (Wildman–Crippen MR) is 55.5 cm³/mol. The Morgan fingerprint density at radius 3 is 2.69 bits per heavy atom. The van der Waals surface area contributed by atoms with Crippen LogP contribution in [-0.2, 0) is 11.2 Å². The average Bonchev–Trinajstić information content (AvgIpc) is 2.18. The molecule has 0 radical (unpaired) electrons. The number of hydrogen-bond acceptors (Lipinski definition) is 1. The molecule has 1 nitrogen and oxygen atoms in total. The number of rotatable bonds is 3. The molecule has 0 fully saturated rings. The molecule has 0 unspecified atom stereocenters. The topological polar surface area (TPSA) is 17.1 Å². The summed E-state index contributed by atoms with van der Waals surface area (Å²) in [6.45, 7) is 3.93. The summed E-state index contributed by atoms with van der Waals surface area (Å²) in [5.74, 6) is 0. The summed E-state index contributed by atoms with van der Waals surface area (Å²) in [6, 6.07) is 8.13. The maximum atomic E-state index is 10.4. The molecule has 0 atom stereocenters. The Balaban J connectivity index is 3.06. The minimum atomic E-state index is 0.765. The van der Waals surface area contributed by atoms with E-state index in [0.717, 1.165) is 23.8 Å². The predicted octanol–water partition coefficient (Wildman–Crippen LogP) is 2.85. The van der Waals surface area contributed by atoms with Crippen molar-refractivity contribution in [3.63, 3.8) is 0 Å². The Hall–Kier alpha value is -1.37. The molecule has 1 aromatic carbocycles. The molecule has 0 aliphatic heterocycles. The number of allylic oxidation sites excluding steroid dienone is 1. The highest BCUT2D eigenvalue weighted by atomic mass is 16.1. The van der Waals surface area contributed by atoms with E-state index in [1.54, 1.807) is 0 Å². The van der Waals surface area contributed by atoms with Crippen LogP contribution in [0, 0.1) is 0 Å². The molecule has 0 aromatic heterocycles. The molecule has 13 heavy (non-hydrogen) atoms. The van der Waals surface area contributed by atoms with Crippen molar-refractivity contribution in [1.82, 2.24) is 0 Å². The van der Waals surface area contributed by atoms with Crippen LogP contribution in [0.25, 0.3) is 6.08 Å². The molecule has 1 aromatic rings. The van der Waals surface area contributed by atoms with Crippen LogP contribution in [0.3, 0.4) is 0 Å². The second kappa shape index (κ2) is 4.61. The Morgan fingerprint density at radius 1 is 1.38 bits per heavy atom. The van der Waals surface area contributed by atoms with Gasteiger partial charge in [-0.05, 0) is 36.1 Å². The van der Waals surface area contributed by atoms with Crippen LogP contribution in [0.1, 0.15) is 25.0 Å². The van der Waals surface area contributed by atoms with E-state index in [0.29, 0.717) is 0 Å². The van der Waals surface area contributed by atoms with Crippen molar-refractivity contribution in [3.8, 4) is 0 Å². The molecule has 0 spiro atoms. The van der Waals surface area contributed by atoms with E-state index in [2.05, 4.69) is 13.0 Å². The molecule has 1 heteroatoms. The monoisotopic (exact) mass is 174 g/mol. The van der Waals surface area contributed by atoms with Crippen molar-refractivity contribution in [3.05, 3.63) is 41.0 Å². The van der Waals surface area contributed by atoms with Crippen molar-refractivity contribution in [2.24, 2.45) is 0 Å². The first kappa shape index (κ1) is 9.72. The summed E-state index contributed by atoms with van der Waals surface area (Å²) in [5.41, 5.74) is 3.19. The van der Waals surface area contributed by atoms with Gasteiger partial charge in [0, 0.05) is 0 Å². The van der Waals surface area contributed by atoms with Gasteiger partial charge in [0.15, 0.2) is 0 Å². The van der Waals surface area contributed by atoms with E-state index >= 15 is 0 Å². The van der Waals surface area contributed by atoms with Gasteiger partial charge in [-0.25, -0.2) is 0 Å². The Labute approximate surface area is 79.1 Å². The minimum Gasteiger partial charge on any atom is -0.298 e. The molecule has 0 heterocycles. The van der Waals surface area contributed by atoms with Crippen molar-refractivity contribution in [2.45, 2.75) is 20.3 Å². The van der Waals surface area contributed by atoms with E-state index in [1.165, 1.54) is 5.56 Å². The molecular formula is C12H14O. The van der Waals surface area contributed by atoms with Crippen molar-refractivity contribution in [2.75, 3.05) is 0 Å². The smallest absolute Gasteiger partial charge is 0.145 e. The highest BCUT2D eigenvalue weighted by Crippen LogP contribution is 2.12. The van der Waals surface area contributed by atoms with Gasteiger partial charge >= 0.3 is 0 Å². The first-order valence-corrected chi connectivity index (χ1v) is 4.49. The lowest BCUT2D eigenvalue weighted by molar-refractivity contribution is -0.104. The van der Waals surface area contributed by atoms with Crippen LogP contribution in [0.4, 0.5) is 0 Å². The lowest BCUT2D eigenvalue weighted by Crippen LogP contribution is -1.86. The normalized spacial score (nSPS) is 11.4. The van der Waals surface area contributed by atoms with Crippen LogP contribution in [0.5, 0.6) is 0 Å². The highest BCUT2D eigenvalue weighted by Gasteiger charge is 1.95. The van der Waals surface area contributed by atoms with Gasteiger partial charge in [-0.2, -0.15) is 0 Å². The molecule has 0 bridgehead atoms. The van der Waals surface area contributed by atoms with E-state index in [4.69, 9.17) is 0 Å². The highest BCUT2D eigenvalue weighted by molar-refractivity contribution is 5.81. The maximum Gasteiger partial charge on any atom is 0.145 e. The number of aldehydes is 1. The average molecular weight is 174 g/mol.